The molecule has 0 aromatic heterocycles. The van der Waals surface area contributed by atoms with E-state index >= 15 is 0 Å². The third-order valence-corrected chi connectivity index (χ3v) is 4.88. The van der Waals surface area contributed by atoms with E-state index in [9.17, 15) is 14.9 Å². The molecule has 2 rings (SSSR count). The van der Waals surface area contributed by atoms with E-state index in [1.54, 1.807) is 0 Å². The van der Waals surface area contributed by atoms with Crippen molar-refractivity contribution in [1.29, 1.82) is 0 Å². The van der Waals surface area contributed by atoms with Crippen molar-refractivity contribution in [3.05, 3.63) is 46.0 Å². The molecule has 132 valence electrons. The molecule has 1 atom stereocenters. The second kappa shape index (κ2) is 7.27. The molecule has 1 aromatic carbocycles. The first-order chi connectivity index (χ1) is 11.3. The van der Waals surface area contributed by atoms with Crippen LogP contribution in [0.25, 0.3) is 0 Å². The Morgan fingerprint density at radius 3 is 2.54 bits per heavy atom. The molecule has 0 radical (unpaired) electrons. The Kier molecular flexibility index (Phi) is 5.56. The first-order valence-electron chi connectivity index (χ1n) is 7.91. The lowest BCUT2D eigenvalue weighted by molar-refractivity contribution is -0.514. The quantitative estimate of drug-likeness (QED) is 0.441. The number of nitrogens with two attached hydrogens (primary N) is 1. The number of esters is 1. The van der Waals surface area contributed by atoms with Gasteiger partial charge in [-0.1, -0.05) is 44.2 Å². The lowest BCUT2D eigenvalue weighted by Crippen LogP contribution is -2.58. The Labute approximate surface area is 141 Å². The van der Waals surface area contributed by atoms with Gasteiger partial charge >= 0.3 is 5.97 Å². The third-order valence-electron chi connectivity index (χ3n) is 4.88. The van der Waals surface area contributed by atoms with Gasteiger partial charge in [-0.2, -0.15) is 0 Å². The lowest BCUT2D eigenvalue weighted by Gasteiger charge is -2.50. The molecule has 1 aliphatic rings. The van der Waals surface area contributed by atoms with Crippen LogP contribution in [-0.4, -0.2) is 36.7 Å². The van der Waals surface area contributed by atoms with E-state index in [-0.39, 0.29) is 18.1 Å². The number of ether oxygens (including phenoxy) is 2. The topological polar surface area (TPSA) is 105 Å². The Balaban J connectivity index is 1.93. The number of carbonyl (C=O) groups excluding carboxylic acids is 1. The molecule has 2 N–H and O–H groups in total. The number of nitro groups is 1. The Morgan fingerprint density at radius 2 is 2.04 bits per heavy atom. The van der Waals surface area contributed by atoms with Gasteiger partial charge in [0.2, 0.25) is 6.54 Å². The average molecular weight is 336 g/mol. The largest absolute Gasteiger partial charge is 0.460 e. The molecule has 1 heterocycles. The van der Waals surface area contributed by atoms with Crippen LogP contribution in [0.3, 0.4) is 0 Å². The molecule has 0 aliphatic carbocycles. The maximum Gasteiger partial charge on any atom is 0.323 e. The van der Waals surface area contributed by atoms with Crippen LogP contribution in [0, 0.1) is 20.9 Å². The molecule has 0 saturated carbocycles. The minimum absolute atomic E-state index is 0.164. The Morgan fingerprint density at radius 1 is 1.42 bits per heavy atom. The molecule has 1 aromatic rings. The van der Waals surface area contributed by atoms with Crippen LogP contribution in [0.5, 0.6) is 0 Å². The summed E-state index contributed by atoms with van der Waals surface area (Å²) < 4.78 is 10.5. The number of benzene rings is 1. The minimum atomic E-state index is -0.826. The van der Waals surface area contributed by atoms with Gasteiger partial charge in [0.15, 0.2) is 0 Å². The van der Waals surface area contributed by atoms with Crippen LogP contribution in [0.2, 0.25) is 0 Å². The standard InChI is InChI=1S/C17H24N2O5/c1-16(2,17(10-19(21)22)11-23-12-17)8-14(18)15(20)24-9-13-6-4-3-5-7-13/h3-7,14H,8-12,18H2,1-2H3/t14-/m0/s1. The summed E-state index contributed by atoms with van der Waals surface area (Å²) in [6.07, 6.45) is 0.303. The van der Waals surface area contributed by atoms with Gasteiger partial charge in [0.1, 0.15) is 12.6 Å². The molecule has 1 aliphatic heterocycles. The zero-order valence-corrected chi connectivity index (χ0v) is 14.1. The summed E-state index contributed by atoms with van der Waals surface area (Å²) in [6.45, 7) is 4.38. The predicted molar refractivity (Wildman–Crippen MR) is 87.7 cm³/mol. The third kappa shape index (κ3) is 4.10. The maximum atomic E-state index is 12.1. The van der Waals surface area contributed by atoms with Crippen molar-refractivity contribution in [2.45, 2.75) is 32.9 Å². The number of hydrogen-bond acceptors (Lipinski definition) is 6. The van der Waals surface area contributed by atoms with Crippen LogP contribution in [0.15, 0.2) is 30.3 Å². The van der Waals surface area contributed by atoms with Gasteiger partial charge in [0.05, 0.1) is 18.6 Å². The molecule has 1 fully saturated rings. The molecule has 0 bridgehead atoms. The summed E-state index contributed by atoms with van der Waals surface area (Å²) >= 11 is 0. The highest BCUT2D eigenvalue weighted by Gasteiger charge is 2.55. The first kappa shape index (κ1) is 18.4. The molecular formula is C17H24N2O5. The summed E-state index contributed by atoms with van der Waals surface area (Å²) in [5.74, 6) is -0.497. The Bertz CT molecular complexity index is 584. The fourth-order valence-corrected chi connectivity index (χ4v) is 2.98. The van der Waals surface area contributed by atoms with Gasteiger partial charge in [-0.25, -0.2) is 0 Å². The van der Waals surface area contributed by atoms with E-state index in [4.69, 9.17) is 15.2 Å². The van der Waals surface area contributed by atoms with Gasteiger partial charge in [0, 0.05) is 4.92 Å². The molecule has 24 heavy (non-hydrogen) atoms. The fourth-order valence-electron chi connectivity index (χ4n) is 2.98. The van der Waals surface area contributed by atoms with E-state index in [0.29, 0.717) is 19.6 Å². The van der Waals surface area contributed by atoms with Gasteiger partial charge < -0.3 is 15.2 Å². The summed E-state index contributed by atoms with van der Waals surface area (Å²) in [4.78, 5) is 22.8. The first-order valence-corrected chi connectivity index (χ1v) is 7.91. The van der Waals surface area contributed by atoms with Crippen molar-refractivity contribution in [3.63, 3.8) is 0 Å². The van der Waals surface area contributed by atoms with Crippen LogP contribution >= 0.6 is 0 Å². The molecule has 7 heteroatoms. The fraction of sp³-hybridized carbons (Fsp3) is 0.588. The molecule has 0 unspecified atom stereocenters. The van der Waals surface area contributed by atoms with Crippen molar-refractivity contribution in [2.75, 3.05) is 19.8 Å². The van der Waals surface area contributed by atoms with Crippen molar-refractivity contribution < 1.29 is 19.2 Å². The zero-order valence-electron chi connectivity index (χ0n) is 14.1. The van der Waals surface area contributed by atoms with Gasteiger partial charge in [-0.3, -0.25) is 14.9 Å². The summed E-state index contributed by atoms with van der Waals surface area (Å²) in [6, 6.07) is 8.51. The van der Waals surface area contributed by atoms with Crippen LogP contribution in [0.1, 0.15) is 25.8 Å². The number of hydrogen-bond donors (Lipinski definition) is 1. The summed E-state index contributed by atoms with van der Waals surface area (Å²) in [5.41, 5.74) is 5.77. The lowest BCUT2D eigenvalue weighted by atomic mass is 9.61. The van der Waals surface area contributed by atoms with E-state index in [1.165, 1.54) is 0 Å². The second-order valence-corrected chi connectivity index (χ2v) is 7.05. The highest BCUT2D eigenvalue weighted by atomic mass is 16.6. The molecular weight excluding hydrogens is 312 g/mol. The Hall–Kier alpha value is -1.99. The van der Waals surface area contributed by atoms with Gasteiger partial charge in [0.25, 0.3) is 0 Å². The van der Waals surface area contributed by atoms with E-state index in [1.807, 2.05) is 44.2 Å². The van der Waals surface area contributed by atoms with E-state index in [2.05, 4.69) is 0 Å². The van der Waals surface area contributed by atoms with E-state index < -0.39 is 22.8 Å². The molecule has 0 amide bonds. The highest BCUT2D eigenvalue weighted by Crippen LogP contribution is 2.47. The maximum absolute atomic E-state index is 12.1. The zero-order chi connectivity index (χ0) is 17.8. The van der Waals surface area contributed by atoms with Crippen molar-refractivity contribution in [3.8, 4) is 0 Å². The number of nitrogens with zero attached hydrogens (tertiary/aromatic N) is 1. The molecule has 1 saturated heterocycles. The van der Waals surface area contributed by atoms with Gasteiger partial charge in [-0.05, 0) is 17.4 Å². The van der Waals surface area contributed by atoms with Gasteiger partial charge in [-0.15, -0.1) is 0 Å². The minimum Gasteiger partial charge on any atom is -0.460 e. The second-order valence-electron chi connectivity index (χ2n) is 7.05. The van der Waals surface area contributed by atoms with Crippen molar-refractivity contribution in [2.24, 2.45) is 16.6 Å². The predicted octanol–water partition coefficient (Wildman–Crippen LogP) is 1.77. The SMILES string of the molecule is CC(C)(C[C@H](N)C(=O)OCc1ccccc1)C1(C[N+](=O)[O-])COC1. The normalized spacial score (nSPS) is 17.6. The summed E-state index contributed by atoms with van der Waals surface area (Å²) in [7, 11) is 0. The number of rotatable bonds is 8. The molecule has 0 spiro atoms. The van der Waals surface area contributed by atoms with Crippen LogP contribution in [-0.2, 0) is 20.9 Å². The molecule has 7 nitrogen and oxygen atoms in total. The summed E-state index contributed by atoms with van der Waals surface area (Å²) in [5, 5.41) is 11.0. The number of carbonyl (C=O) groups is 1. The van der Waals surface area contributed by atoms with Crippen LogP contribution in [0.4, 0.5) is 0 Å². The monoisotopic (exact) mass is 336 g/mol. The highest BCUT2D eigenvalue weighted by molar-refractivity contribution is 5.75. The van der Waals surface area contributed by atoms with Crippen molar-refractivity contribution in [1.82, 2.24) is 0 Å². The van der Waals surface area contributed by atoms with E-state index in [0.717, 1.165) is 5.56 Å². The average Bonchev–Trinajstić information content (AvgIpc) is 2.48. The van der Waals surface area contributed by atoms with Crippen LogP contribution < -0.4 is 5.73 Å². The smallest absolute Gasteiger partial charge is 0.323 e. The van der Waals surface area contributed by atoms with Crippen molar-refractivity contribution >= 4 is 5.97 Å².